The summed E-state index contributed by atoms with van der Waals surface area (Å²) in [5.41, 5.74) is 3.48. The van der Waals surface area contributed by atoms with Gasteiger partial charge in [-0.2, -0.15) is 0 Å². The van der Waals surface area contributed by atoms with E-state index < -0.39 is 6.09 Å². The van der Waals surface area contributed by atoms with Crippen LogP contribution in [0, 0.1) is 0 Å². The Kier molecular flexibility index (Phi) is 10.3. The van der Waals surface area contributed by atoms with Gasteiger partial charge in [0, 0.05) is 12.5 Å². The average Bonchev–Trinajstić information content (AvgIpc) is 3.04. The average molecular weight is 566 g/mol. The minimum atomic E-state index is -0.906. The summed E-state index contributed by atoms with van der Waals surface area (Å²) in [7, 11) is 0. The number of piperidine rings is 1. The molecule has 0 aliphatic carbocycles. The molecule has 218 valence electrons. The zero-order valence-electron chi connectivity index (χ0n) is 23.9. The van der Waals surface area contributed by atoms with Gasteiger partial charge in [-0.1, -0.05) is 84.9 Å². The second kappa shape index (κ2) is 14.7. The first-order chi connectivity index (χ1) is 20.6. The fourth-order valence-electron chi connectivity index (χ4n) is 5.56. The van der Waals surface area contributed by atoms with Crippen LogP contribution in [-0.2, 0) is 22.5 Å². The molecule has 4 aromatic carbocycles. The molecule has 5 rings (SSSR count). The molecule has 0 saturated carbocycles. The maximum absolute atomic E-state index is 11.8. The molecule has 0 bridgehead atoms. The number of ether oxygens (including phenoxy) is 3. The second-order valence-electron chi connectivity index (χ2n) is 10.8. The van der Waals surface area contributed by atoms with Crippen LogP contribution < -0.4 is 4.74 Å². The van der Waals surface area contributed by atoms with E-state index in [1.54, 1.807) is 6.08 Å². The van der Waals surface area contributed by atoms with Crippen molar-refractivity contribution in [2.75, 3.05) is 26.3 Å². The highest BCUT2D eigenvalue weighted by Gasteiger charge is 2.33. The van der Waals surface area contributed by atoms with Crippen LogP contribution in [0.2, 0.25) is 0 Å². The van der Waals surface area contributed by atoms with Crippen molar-refractivity contribution in [3.8, 4) is 5.75 Å². The molecule has 6 nitrogen and oxygen atoms in total. The Hall–Kier alpha value is -4.13. The predicted molar refractivity (Wildman–Crippen MR) is 166 cm³/mol. The second-order valence-corrected chi connectivity index (χ2v) is 10.8. The predicted octanol–water partition coefficient (Wildman–Crippen LogP) is 7.48. The molecule has 1 saturated heterocycles. The summed E-state index contributed by atoms with van der Waals surface area (Å²) in [5.74, 6) is 0.868. The summed E-state index contributed by atoms with van der Waals surface area (Å²) < 4.78 is 18.5. The summed E-state index contributed by atoms with van der Waals surface area (Å²) >= 11 is 0. The lowest BCUT2D eigenvalue weighted by Gasteiger charge is -2.37. The Labute approximate surface area is 248 Å². The van der Waals surface area contributed by atoms with Gasteiger partial charge in [0.15, 0.2) is 0 Å². The van der Waals surface area contributed by atoms with Gasteiger partial charge in [-0.3, -0.25) is 0 Å². The maximum Gasteiger partial charge on any atom is 0.407 e. The van der Waals surface area contributed by atoms with E-state index in [0.29, 0.717) is 39.3 Å². The Balaban J connectivity index is 1.21. The smallest absolute Gasteiger partial charge is 0.407 e. The van der Waals surface area contributed by atoms with Crippen molar-refractivity contribution < 1.29 is 24.1 Å². The first kappa shape index (κ1) is 29.4. The van der Waals surface area contributed by atoms with E-state index in [9.17, 15) is 9.90 Å². The van der Waals surface area contributed by atoms with E-state index in [1.165, 1.54) is 21.2 Å². The Morgan fingerprint density at radius 2 is 1.71 bits per heavy atom. The molecule has 6 heteroatoms. The highest BCUT2D eigenvalue weighted by molar-refractivity contribution is 5.82. The number of rotatable bonds is 13. The third-order valence-corrected chi connectivity index (χ3v) is 7.90. The molecule has 1 N–H and O–H groups in total. The third-order valence-electron chi connectivity index (χ3n) is 7.90. The number of aryl methyl sites for hydroxylation is 1. The summed E-state index contributed by atoms with van der Waals surface area (Å²) in [6, 6.07) is 33.1. The van der Waals surface area contributed by atoms with Gasteiger partial charge in [-0.25, -0.2) is 4.79 Å². The molecule has 1 heterocycles. The van der Waals surface area contributed by atoms with E-state index in [0.717, 1.165) is 29.7 Å². The number of fused-ring (bicyclic) bond motifs is 1. The van der Waals surface area contributed by atoms with Gasteiger partial charge >= 0.3 is 6.09 Å². The minimum Gasteiger partial charge on any atom is -0.491 e. The van der Waals surface area contributed by atoms with Crippen molar-refractivity contribution in [1.29, 1.82) is 0 Å². The quantitative estimate of drug-likeness (QED) is 0.170. The maximum atomic E-state index is 11.8. The van der Waals surface area contributed by atoms with Crippen LogP contribution in [-0.4, -0.2) is 54.6 Å². The number of amides is 1. The highest BCUT2D eigenvalue weighted by Crippen LogP contribution is 2.32. The summed E-state index contributed by atoms with van der Waals surface area (Å²) in [6.07, 6.45) is 3.04. The number of nitrogens with zero attached hydrogens (tertiary/aromatic N) is 1. The topological polar surface area (TPSA) is 68.2 Å². The Morgan fingerprint density at radius 1 is 0.952 bits per heavy atom. The Bertz CT molecular complexity index is 1440. The number of carboxylic acid groups (broad SMARTS) is 1. The molecule has 0 spiro atoms. The van der Waals surface area contributed by atoms with Crippen molar-refractivity contribution in [1.82, 2.24) is 4.90 Å². The fourth-order valence-corrected chi connectivity index (χ4v) is 5.56. The molecule has 0 unspecified atom stereocenters. The van der Waals surface area contributed by atoms with Gasteiger partial charge < -0.3 is 24.2 Å². The van der Waals surface area contributed by atoms with E-state index in [2.05, 4.69) is 73.3 Å². The third kappa shape index (κ3) is 7.99. The number of hydrogen-bond donors (Lipinski definition) is 1. The van der Waals surface area contributed by atoms with Crippen LogP contribution in [0.4, 0.5) is 4.79 Å². The van der Waals surface area contributed by atoms with Crippen LogP contribution >= 0.6 is 0 Å². The van der Waals surface area contributed by atoms with Crippen LogP contribution in [0.1, 0.15) is 35.4 Å². The highest BCUT2D eigenvalue weighted by atomic mass is 16.5. The zero-order chi connectivity index (χ0) is 29.1. The molecule has 1 amide bonds. The van der Waals surface area contributed by atoms with Crippen LogP contribution in [0.15, 0.2) is 110 Å². The largest absolute Gasteiger partial charge is 0.491 e. The van der Waals surface area contributed by atoms with Crippen molar-refractivity contribution in [3.63, 3.8) is 0 Å². The van der Waals surface area contributed by atoms with E-state index in [-0.39, 0.29) is 18.1 Å². The number of carbonyl (C=O) groups is 1. The van der Waals surface area contributed by atoms with Crippen LogP contribution in [0.25, 0.3) is 10.8 Å². The van der Waals surface area contributed by atoms with Crippen molar-refractivity contribution in [2.45, 2.75) is 44.0 Å². The van der Waals surface area contributed by atoms with Crippen molar-refractivity contribution >= 4 is 16.9 Å². The number of hydrogen-bond acceptors (Lipinski definition) is 4. The van der Waals surface area contributed by atoms with E-state index >= 15 is 0 Å². The number of likely N-dealkylation sites (tertiary alicyclic amines) is 1. The normalized spacial score (nSPS) is 17.6. The molecule has 0 radical (unpaired) electrons. The lowest BCUT2D eigenvalue weighted by Crippen LogP contribution is -2.46. The summed E-state index contributed by atoms with van der Waals surface area (Å²) in [4.78, 5) is 13.2. The minimum absolute atomic E-state index is 0.0453. The van der Waals surface area contributed by atoms with Gasteiger partial charge in [0.2, 0.25) is 0 Å². The molecule has 4 aromatic rings. The molecule has 1 aliphatic rings. The van der Waals surface area contributed by atoms with Gasteiger partial charge in [-0.05, 0) is 64.9 Å². The van der Waals surface area contributed by atoms with E-state index in [4.69, 9.17) is 14.2 Å². The first-order valence-corrected chi connectivity index (χ1v) is 14.7. The molecule has 42 heavy (non-hydrogen) atoms. The van der Waals surface area contributed by atoms with Crippen molar-refractivity contribution in [3.05, 3.63) is 126 Å². The molecule has 0 aromatic heterocycles. The Morgan fingerprint density at radius 3 is 2.48 bits per heavy atom. The molecular formula is C36H39NO5. The SMILES string of the molecule is C=CCO[C@@H](CCc1ccccc1)COc1ccc([C@H]2CCN(C(=O)O)C[C@@H]2OCc2ccc3ccccc3c2)cc1. The van der Waals surface area contributed by atoms with Gasteiger partial charge in [0.05, 0.1) is 32.0 Å². The molecule has 1 fully saturated rings. The standard InChI is InChI=1S/C36H39NO5/c1-2-22-40-33(17-13-27-8-4-3-5-9-27)26-41-32-18-15-30(16-19-32)34-20-21-37(36(38)39)24-35(34)42-25-28-12-14-29-10-6-7-11-31(29)23-28/h2-12,14-16,18-19,23,33-35H,1,13,17,20-22,24-26H2,(H,38,39)/t33-,34+,35-/m0/s1. The molecule has 1 aliphatic heterocycles. The molecular weight excluding hydrogens is 526 g/mol. The monoisotopic (exact) mass is 565 g/mol. The van der Waals surface area contributed by atoms with Gasteiger partial charge in [0.25, 0.3) is 0 Å². The zero-order valence-corrected chi connectivity index (χ0v) is 23.9. The summed E-state index contributed by atoms with van der Waals surface area (Å²) in [6.45, 7) is 5.96. The summed E-state index contributed by atoms with van der Waals surface area (Å²) in [5, 5.41) is 12.0. The number of benzene rings is 4. The lowest BCUT2D eigenvalue weighted by atomic mass is 9.87. The van der Waals surface area contributed by atoms with Gasteiger partial charge in [-0.15, -0.1) is 6.58 Å². The fraction of sp³-hybridized carbons (Fsp3) is 0.306. The van der Waals surface area contributed by atoms with Crippen LogP contribution in [0.5, 0.6) is 5.75 Å². The molecule has 3 atom stereocenters. The van der Waals surface area contributed by atoms with Crippen LogP contribution in [0.3, 0.4) is 0 Å². The lowest BCUT2D eigenvalue weighted by molar-refractivity contribution is -0.0199. The van der Waals surface area contributed by atoms with Crippen molar-refractivity contribution in [2.24, 2.45) is 0 Å². The van der Waals surface area contributed by atoms with E-state index in [1.807, 2.05) is 30.3 Å². The first-order valence-electron chi connectivity index (χ1n) is 14.7. The van der Waals surface area contributed by atoms with Gasteiger partial charge in [0.1, 0.15) is 12.4 Å².